The molecule has 1 aliphatic heterocycles. The van der Waals surface area contributed by atoms with Crippen LogP contribution in [0, 0.1) is 0 Å². The van der Waals surface area contributed by atoms with Crippen molar-refractivity contribution in [1.29, 1.82) is 0 Å². The number of carbonyl (C=O) groups excluding carboxylic acids is 1. The number of unbranched alkanes of at least 4 members (excludes halogenated alkanes) is 1. The molecule has 0 bridgehead atoms. The maximum absolute atomic E-state index is 11.7. The minimum Gasteiger partial charge on any atom is -0.353 e. The lowest BCUT2D eigenvalue weighted by Gasteiger charge is -2.24. The van der Waals surface area contributed by atoms with Crippen molar-refractivity contribution in [3.8, 4) is 0 Å². The lowest BCUT2D eigenvalue weighted by atomic mass is 10.1. The van der Waals surface area contributed by atoms with Crippen LogP contribution in [0.4, 0.5) is 0 Å². The van der Waals surface area contributed by atoms with Gasteiger partial charge < -0.3 is 11.1 Å². The molecule has 1 rings (SSSR count). The van der Waals surface area contributed by atoms with E-state index in [0.29, 0.717) is 6.04 Å². The first-order valence-corrected chi connectivity index (χ1v) is 6.92. The van der Waals surface area contributed by atoms with Crippen molar-refractivity contribution in [2.24, 2.45) is 5.73 Å². The van der Waals surface area contributed by atoms with E-state index in [4.69, 9.17) is 5.73 Å². The molecule has 0 aromatic rings. The SMILES string of the molecule is CCCC[C@H](N)C(=O)NCC(C)N1CCCC1. The van der Waals surface area contributed by atoms with E-state index >= 15 is 0 Å². The average Bonchev–Trinajstić information content (AvgIpc) is 2.86. The smallest absolute Gasteiger partial charge is 0.236 e. The van der Waals surface area contributed by atoms with Crippen molar-refractivity contribution in [3.63, 3.8) is 0 Å². The topological polar surface area (TPSA) is 58.4 Å². The van der Waals surface area contributed by atoms with Crippen LogP contribution in [0.25, 0.3) is 0 Å². The third kappa shape index (κ3) is 5.04. The molecule has 17 heavy (non-hydrogen) atoms. The van der Waals surface area contributed by atoms with E-state index in [-0.39, 0.29) is 11.9 Å². The van der Waals surface area contributed by atoms with E-state index < -0.39 is 0 Å². The summed E-state index contributed by atoms with van der Waals surface area (Å²) in [5, 5.41) is 2.96. The number of hydrogen-bond acceptors (Lipinski definition) is 3. The minimum atomic E-state index is -0.333. The molecule has 4 heteroatoms. The highest BCUT2D eigenvalue weighted by Gasteiger charge is 2.19. The predicted molar refractivity (Wildman–Crippen MR) is 70.8 cm³/mol. The second-order valence-corrected chi connectivity index (χ2v) is 5.09. The Morgan fingerprint density at radius 1 is 1.41 bits per heavy atom. The Balaban J connectivity index is 2.17. The fourth-order valence-corrected chi connectivity index (χ4v) is 2.25. The molecule has 1 aliphatic rings. The second kappa shape index (κ2) is 7.67. The summed E-state index contributed by atoms with van der Waals surface area (Å²) < 4.78 is 0. The van der Waals surface area contributed by atoms with Gasteiger partial charge in [0.05, 0.1) is 6.04 Å². The molecule has 3 N–H and O–H groups in total. The largest absolute Gasteiger partial charge is 0.353 e. The molecule has 4 nitrogen and oxygen atoms in total. The number of likely N-dealkylation sites (tertiary alicyclic amines) is 1. The van der Waals surface area contributed by atoms with Gasteiger partial charge in [0.1, 0.15) is 0 Å². The van der Waals surface area contributed by atoms with Gasteiger partial charge in [-0.15, -0.1) is 0 Å². The lowest BCUT2D eigenvalue weighted by Crippen LogP contribution is -2.46. The van der Waals surface area contributed by atoms with Gasteiger partial charge in [0, 0.05) is 12.6 Å². The highest BCUT2D eigenvalue weighted by molar-refractivity contribution is 5.81. The van der Waals surface area contributed by atoms with Crippen LogP contribution in [0.5, 0.6) is 0 Å². The summed E-state index contributed by atoms with van der Waals surface area (Å²) in [5.74, 6) is 0.00416. The Kier molecular flexibility index (Phi) is 6.52. The number of amides is 1. The van der Waals surface area contributed by atoms with E-state index in [0.717, 1.165) is 25.8 Å². The maximum Gasteiger partial charge on any atom is 0.236 e. The zero-order valence-corrected chi connectivity index (χ0v) is 11.2. The monoisotopic (exact) mass is 241 g/mol. The fourth-order valence-electron chi connectivity index (χ4n) is 2.25. The molecule has 0 spiro atoms. The third-order valence-electron chi connectivity index (χ3n) is 3.54. The molecule has 0 radical (unpaired) electrons. The van der Waals surface area contributed by atoms with Crippen LogP contribution in [-0.2, 0) is 4.79 Å². The first-order chi connectivity index (χ1) is 8.15. The molecule has 1 unspecified atom stereocenters. The molecule has 1 amide bonds. The van der Waals surface area contributed by atoms with E-state index in [2.05, 4.69) is 24.1 Å². The van der Waals surface area contributed by atoms with Gasteiger partial charge >= 0.3 is 0 Å². The summed E-state index contributed by atoms with van der Waals surface area (Å²) in [6, 6.07) is 0.0977. The molecular weight excluding hydrogens is 214 g/mol. The Morgan fingerprint density at radius 3 is 2.65 bits per heavy atom. The second-order valence-electron chi connectivity index (χ2n) is 5.09. The number of nitrogens with zero attached hydrogens (tertiary/aromatic N) is 1. The van der Waals surface area contributed by atoms with Gasteiger partial charge in [0.2, 0.25) is 5.91 Å². The number of carbonyl (C=O) groups is 1. The van der Waals surface area contributed by atoms with E-state index in [1.54, 1.807) is 0 Å². The van der Waals surface area contributed by atoms with Crippen LogP contribution in [0.2, 0.25) is 0 Å². The number of nitrogens with two attached hydrogens (primary N) is 1. The van der Waals surface area contributed by atoms with Gasteiger partial charge in [-0.05, 0) is 39.3 Å². The lowest BCUT2D eigenvalue weighted by molar-refractivity contribution is -0.122. The quantitative estimate of drug-likeness (QED) is 0.702. The van der Waals surface area contributed by atoms with Gasteiger partial charge in [-0.3, -0.25) is 9.69 Å². The standard InChI is InChI=1S/C13H27N3O/c1-3-4-7-12(14)13(17)15-10-11(2)16-8-5-6-9-16/h11-12H,3-10,14H2,1-2H3,(H,15,17)/t11?,12-/m0/s1. The van der Waals surface area contributed by atoms with Crippen molar-refractivity contribution in [3.05, 3.63) is 0 Å². The number of nitrogens with one attached hydrogen (secondary N) is 1. The maximum atomic E-state index is 11.7. The van der Waals surface area contributed by atoms with Crippen LogP contribution in [0.3, 0.4) is 0 Å². The highest BCUT2D eigenvalue weighted by atomic mass is 16.2. The predicted octanol–water partition coefficient (Wildman–Crippen LogP) is 1.10. The van der Waals surface area contributed by atoms with E-state index in [1.807, 2.05) is 0 Å². The van der Waals surface area contributed by atoms with Crippen LogP contribution in [0.15, 0.2) is 0 Å². The van der Waals surface area contributed by atoms with Crippen molar-refractivity contribution >= 4 is 5.91 Å². The number of rotatable bonds is 7. The van der Waals surface area contributed by atoms with Crippen molar-refractivity contribution in [2.45, 2.75) is 58.0 Å². The van der Waals surface area contributed by atoms with Crippen LogP contribution in [0.1, 0.15) is 46.0 Å². The van der Waals surface area contributed by atoms with Crippen LogP contribution in [-0.4, -0.2) is 42.5 Å². The third-order valence-corrected chi connectivity index (χ3v) is 3.54. The van der Waals surface area contributed by atoms with Gasteiger partial charge in [-0.1, -0.05) is 19.8 Å². The van der Waals surface area contributed by atoms with Crippen molar-refractivity contribution in [2.75, 3.05) is 19.6 Å². The van der Waals surface area contributed by atoms with Gasteiger partial charge in [-0.2, -0.15) is 0 Å². The van der Waals surface area contributed by atoms with Crippen LogP contribution >= 0.6 is 0 Å². The van der Waals surface area contributed by atoms with E-state index in [1.165, 1.54) is 25.9 Å². The summed E-state index contributed by atoms with van der Waals surface area (Å²) >= 11 is 0. The molecule has 0 aromatic carbocycles. The average molecular weight is 241 g/mol. The zero-order chi connectivity index (χ0) is 12.7. The number of hydrogen-bond donors (Lipinski definition) is 2. The highest BCUT2D eigenvalue weighted by Crippen LogP contribution is 2.10. The summed E-state index contributed by atoms with van der Waals surface area (Å²) in [6.07, 6.45) is 5.48. The molecule has 0 aromatic heterocycles. The Labute approximate surface area is 105 Å². The summed E-state index contributed by atoms with van der Waals surface area (Å²) in [4.78, 5) is 14.1. The van der Waals surface area contributed by atoms with Gasteiger partial charge in [0.25, 0.3) is 0 Å². The Hall–Kier alpha value is -0.610. The molecular formula is C13H27N3O. The Morgan fingerprint density at radius 2 is 2.06 bits per heavy atom. The molecule has 1 fully saturated rings. The first kappa shape index (κ1) is 14.5. The summed E-state index contributed by atoms with van der Waals surface area (Å²) in [6.45, 7) is 7.33. The Bertz CT molecular complexity index is 227. The molecule has 1 saturated heterocycles. The summed E-state index contributed by atoms with van der Waals surface area (Å²) in [5.41, 5.74) is 5.82. The molecule has 0 saturated carbocycles. The van der Waals surface area contributed by atoms with Crippen LogP contribution < -0.4 is 11.1 Å². The van der Waals surface area contributed by atoms with Gasteiger partial charge in [-0.25, -0.2) is 0 Å². The summed E-state index contributed by atoms with van der Waals surface area (Å²) in [7, 11) is 0. The van der Waals surface area contributed by atoms with E-state index in [9.17, 15) is 4.79 Å². The molecule has 0 aliphatic carbocycles. The van der Waals surface area contributed by atoms with Crippen molar-refractivity contribution < 1.29 is 4.79 Å². The minimum absolute atomic E-state index is 0.00416. The molecule has 100 valence electrons. The zero-order valence-electron chi connectivity index (χ0n) is 11.2. The van der Waals surface area contributed by atoms with Gasteiger partial charge in [0.15, 0.2) is 0 Å². The van der Waals surface area contributed by atoms with Crippen molar-refractivity contribution in [1.82, 2.24) is 10.2 Å². The first-order valence-electron chi connectivity index (χ1n) is 6.92. The normalized spacial score (nSPS) is 20.2. The fraction of sp³-hybridized carbons (Fsp3) is 0.923. The molecule has 2 atom stereocenters. The molecule has 1 heterocycles.